The van der Waals surface area contributed by atoms with Crippen molar-refractivity contribution < 1.29 is 19.1 Å². The highest BCUT2D eigenvalue weighted by Crippen LogP contribution is 2.32. The third-order valence-corrected chi connectivity index (χ3v) is 4.09. The Morgan fingerprint density at radius 3 is 2.76 bits per heavy atom. The number of esters is 1. The van der Waals surface area contributed by atoms with Gasteiger partial charge in [-0.3, -0.25) is 4.79 Å². The molecular formula is C16H25NO4. The van der Waals surface area contributed by atoms with Gasteiger partial charge in [-0.2, -0.15) is 0 Å². The zero-order valence-corrected chi connectivity index (χ0v) is 12.9. The van der Waals surface area contributed by atoms with Crippen LogP contribution in [0, 0.1) is 12.8 Å². The SMILES string of the molecule is CCOC(=O)C1CCC(O)(CNCc2ccc(C)o2)CC1. The van der Waals surface area contributed by atoms with Gasteiger partial charge in [0.2, 0.25) is 0 Å². The Labute approximate surface area is 125 Å². The highest BCUT2D eigenvalue weighted by Gasteiger charge is 2.36. The zero-order valence-electron chi connectivity index (χ0n) is 12.9. The molecule has 1 saturated carbocycles. The highest BCUT2D eigenvalue weighted by atomic mass is 16.5. The van der Waals surface area contributed by atoms with Crippen LogP contribution >= 0.6 is 0 Å². The fourth-order valence-electron chi connectivity index (χ4n) is 2.83. The number of rotatable bonds is 6. The minimum absolute atomic E-state index is 0.0575. The normalized spacial score (nSPS) is 25.8. The number of furan rings is 1. The number of nitrogens with one attached hydrogen (secondary N) is 1. The summed E-state index contributed by atoms with van der Waals surface area (Å²) in [5, 5.41) is 13.8. The van der Waals surface area contributed by atoms with E-state index >= 15 is 0 Å². The minimum Gasteiger partial charge on any atom is -0.466 e. The Kier molecular flexibility index (Phi) is 5.42. The van der Waals surface area contributed by atoms with E-state index in [1.54, 1.807) is 0 Å². The van der Waals surface area contributed by atoms with Gasteiger partial charge in [0, 0.05) is 6.54 Å². The molecule has 0 aromatic carbocycles. The van der Waals surface area contributed by atoms with Gasteiger partial charge in [0.05, 0.1) is 24.7 Å². The Morgan fingerprint density at radius 1 is 1.48 bits per heavy atom. The molecule has 1 heterocycles. The van der Waals surface area contributed by atoms with Crippen molar-refractivity contribution in [3.05, 3.63) is 23.7 Å². The standard InChI is InChI=1S/C16H25NO4/c1-3-20-15(18)13-6-8-16(19,9-7-13)11-17-10-14-5-4-12(2)21-14/h4-5,13,17,19H,3,6-11H2,1-2H3. The lowest BCUT2D eigenvalue weighted by Gasteiger charge is -2.35. The molecule has 2 N–H and O–H groups in total. The Balaban J connectivity index is 1.73. The summed E-state index contributed by atoms with van der Waals surface area (Å²) in [6, 6.07) is 3.86. The quantitative estimate of drug-likeness (QED) is 0.787. The summed E-state index contributed by atoms with van der Waals surface area (Å²) >= 11 is 0. The summed E-state index contributed by atoms with van der Waals surface area (Å²) in [6.07, 6.45) is 2.63. The molecule has 1 aliphatic rings. The maximum Gasteiger partial charge on any atom is 0.308 e. The first-order valence-electron chi connectivity index (χ1n) is 7.67. The monoisotopic (exact) mass is 295 g/mol. The number of carbonyl (C=O) groups excluding carboxylic acids is 1. The van der Waals surface area contributed by atoms with E-state index in [2.05, 4.69) is 5.32 Å². The van der Waals surface area contributed by atoms with E-state index in [4.69, 9.17) is 9.15 Å². The first-order chi connectivity index (χ1) is 10.0. The predicted octanol–water partition coefficient (Wildman–Crippen LogP) is 2.16. The van der Waals surface area contributed by atoms with E-state index in [1.165, 1.54) is 0 Å². The second kappa shape index (κ2) is 7.09. The van der Waals surface area contributed by atoms with Crippen LogP contribution in [0.15, 0.2) is 16.5 Å². The molecule has 0 spiro atoms. The fraction of sp³-hybridized carbons (Fsp3) is 0.688. The van der Waals surface area contributed by atoms with Crippen molar-refractivity contribution in [1.82, 2.24) is 5.32 Å². The molecule has 0 radical (unpaired) electrons. The van der Waals surface area contributed by atoms with E-state index in [9.17, 15) is 9.90 Å². The lowest BCUT2D eigenvalue weighted by molar-refractivity contribution is -0.151. The molecule has 0 saturated heterocycles. The topological polar surface area (TPSA) is 71.7 Å². The molecule has 2 rings (SSSR count). The molecule has 0 atom stereocenters. The summed E-state index contributed by atoms with van der Waals surface area (Å²) < 4.78 is 10.5. The van der Waals surface area contributed by atoms with Crippen molar-refractivity contribution in [2.75, 3.05) is 13.2 Å². The van der Waals surface area contributed by atoms with E-state index in [0.717, 1.165) is 11.5 Å². The summed E-state index contributed by atoms with van der Waals surface area (Å²) in [4.78, 5) is 11.7. The van der Waals surface area contributed by atoms with Gasteiger partial charge < -0.3 is 19.6 Å². The van der Waals surface area contributed by atoms with Gasteiger partial charge in [0.15, 0.2) is 0 Å². The first-order valence-corrected chi connectivity index (χ1v) is 7.67. The van der Waals surface area contributed by atoms with Crippen LogP contribution in [0.4, 0.5) is 0 Å². The van der Waals surface area contributed by atoms with E-state index in [0.29, 0.717) is 45.4 Å². The summed E-state index contributed by atoms with van der Waals surface area (Å²) in [6.45, 7) is 5.27. The lowest BCUT2D eigenvalue weighted by atomic mass is 9.79. The number of carbonyl (C=O) groups is 1. The van der Waals surface area contributed by atoms with Crippen LogP contribution in [0.3, 0.4) is 0 Å². The van der Waals surface area contributed by atoms with Gasteiger partial charge in [-0.25, -0.2) is 0 Å². The molecule has 5 heteroatoms. The molecule has 21 heavy (non-hydrogen) atoms. The van der Waals surface area contributed by atoms with Crippen molar-refractivity contribution in [1.29, 1.82) is 0 Å². The average Bonchev–Trinajstić information content (AvgIpc) is 2.85. The average molecular weight is 295 g/mol. The van der Waals surface area contributed by atoms with Crippen LogP contribution < -0.4 is 5.32 Å². The molecule has 1 aromatic rings. The molecule has 1 fully saturated rings. The molecule has 0 unspecified atom stereocenters. The number of aryl methyl sites for hydroxylation is 1. The third-order valence-electron chi connectivity index (χ3n) is 4.09. The maximum atomic E-state index is 11.7. The van der Waals surface area contributed by atoms with Crippen molar-refractivity contribution in [2.24, 2.45) is 5.92 Å². The smallest absolute Gasteiger partial charge is 0.308 e. The number of aliphatic hydroxyl groups is 1. The van der Waals surface area contributed by atoms with Crippen LogP contribution in [0.25, 0.3) is 0 Å². The van der Waals surface area contributed by atoms with Crippen LogP contribution in [0.1, 0.15) is 44.1 Å². The third kappa shape index (κ3) is 4.58. The van der Waals surface area contributed by atoms with Crippen molar-refractivity contribution >= 4 is 5.97 Å². The minimum atomic E-state index is -0.732. The zero-order chi connectivity index (χ0) is 15.3. The second-order valence-corrected chi connectivity index (χ2v) is 5.87. The molecule has 1 aliphatic carbocycles. The number of hydrogen-bond donors (Lipinski definition) is 2. The molecular weight excluding hydrogens is 270 g/mol. The molecule has 0 amide bonds. The van der Waals surface area contributed by atoms with Crippen molar-refractivity contribution in [3.8, 4) is 0 Å². The van der Waals surface area contributed by atoms with Crippen molar-refractivity contribution in [2.45, 2.75) is 51.7 Å². The van der Waals surface area contributed by atoms with Gasteiger partial charge in [0.25, 0.3) is 0 Å². The molecule has 0 aliphatic heterocycles. The van der Waals surface area contributed by atoms with Gasteiger partial charge in [-0.05, 0) is 51.7 Å². The first kappa shape index (κ1) is 16.0. The van der Waals surface area contributed by atoms with E-state index < -0.39 is 5.60 Å². The predicted molar refractivity (Wildman–Crippen MR) is 78.7 cm³/mol. The largest absolute Gasteiger partial charge is 0.466 e. The molecule has 1 aromatic heterocycles. The fourth-order valence-corrected chi connectivity index (χ4v) is 2.83. The second-order valence-electron chi connectivity index (χ2n) is 5.87. The van der Waals surface area contributed by atoms with Crippen molar-refractivity contribution in [3.63, 3.8) is 0 Å². The summed E-state index contributed by atoms with van der Waals surface area (Å²) in [7, 11) is 0. The Morgan fingerprint density at radius 2 is 2.19 bits per heavy atom. The van der Waals surface area contributed by atoms with E-state index in [-0.39, 0.29) is 11.9 Å². The number of ether oxygens (including phenoxy) is 1. The Bertz CT molecular complexity index is 461. The summed E-state index contributed by atoms with van der Waals surface area (Å²) in [5.74, 6) is 1.58. The molecule has 118 valence electrons. The van der Waals surface area contributed by atoms with Crippen LogP contribution in [0.2, 0.25) is 0 Å². The van der Waals surface area contributed by atoms with Gasteiger partial charge >= 0.3 is 5.97 Å². The molecule has 0 bridgehead atoms. The van der Waals surface area contributed by atoms with Crippen LogP contribution in [0.5, 0.6) is 0 Å². The highest BCUT2D eigenvalue weighted by molar-refractivity contribution is 5.72. The maximum absolute atomic E-state index is 11.7. The van der Waals surface area contributed by atoms with Gasteiger partial charge in [-0.1, -0.05) is 0 Å². The molecule has 5 nitrogen and oxygen atoms in total. The van der Waals surface area contributed by atoms with Crippen LogP contribution in [-0.2, 0) is 16.1 Å². The number of hydrogen-bond acceptors (Lipinski definition) is 5. The lowest BCUT2D eigenvalue weighted by Crippen LogP contribution is -2.44. The van der Waals surface area contributed by atoms with E-state index in [1.807, 2.05) is 26.0 Å². The van der Waals surface area contributed by atoms with Gasteiger partial charge in [-0.15, -0.1) is 0 Å². The van der Waals surface area contributed by atoms with Crippen LogP contribution in [-0.4, -0.2) is 29.8 Å². The van der Waals surface area contributed by atoms with Gasteiger partial charge in [0.1, 0.15) is 11.5 Å². The Hall–Kier alpha value is -1.33. The summed E-state index contributed by atoms with van der Waals surface area (Å²) in [5.41, 5.74) is -0.732.